The van der Waals surface area contributed by atoms with Gasteiger partial charge in [0, 0.05) is 49.8 Å². The highest BCUT2D eigenvalue weighted by Gasteiger charge is 2.34. The lowest BCUT2D eigenvalue weighted by atomic mass is 9.95. The van der Waals surface area contributed by atoms with Crippen molar-refractivity contribution in [1.82, 2.24) is 15.3 Å². The average molecular weight is 406 g/mol. The second kappa shape index (κ2) is 5.44. The molecule has 5 nitrogen and oxygen atoms in total. The van der Waals surface area contributed by atoms with Gasteiger partial charge in [-0.05, 0) is 24.3 Å². The lowest BCUT2D eigenvalue weighted by Crippen LogP contribution is -2.22. The van der Waals surface area contributed by atoms with Crippen LogP contribution in [0, 0.1) is 0 Å². The fraction of sp³-hybridized carbons (Fsp3) is 0. The Morgan fingerprint density at radius 1 is 0.731 bits per heavy atom. The fourth-order valence-corrected chi connectivity index (χ4v) is 3.91. The van der Waals surface area contributed by atoms with Crippen LogP contribution in [0.25, 0.3) is 33.0 Å². The number of hydrogen-bond donors (Lipinski definition) is 3. The van der Waals surface area contributed by atoms with Crippen LogP contribution in [0.3, 0.4) is 0 Å². The number of fused-ring (bicyclic) bond motifs is 2. The maximum Gasteiger partial charge on any atom is 0.259 e. The Kier molecular flexibility index (Phi) is 3.17. The van der Waals surface area contributed by atoms with Gasteiger partial charge in [-0.25, -0.2) is 0 Å². The van der Waals surface area contributed by atoms with Crippen molar-refractivity contribution < 1.29 is 9.59 Å². The van der Waals surface area contributed by atoms with Crippen LogP contribution in [0.1, 0.15) is 11.1 Å². The second-order valence-corrected chi connectivity index (χ2v) is 7.09. The molecule has 1 aliphatic heterocycles. The number of rotatable bonds is 2. The Hall–Kier alpha value is -3.12. The summed E-state index contributed by atoms with van der Waals surface area (Å²) in [7, 11) is 0. The van der Waals surface area contributed by atoms with Gasteiger partial charge in [0.1, 0.15) is 0 Å². The zero-order valence-electron chi connectivity index (χ0n) is 13.4. The first-order valence-corrected chi connectivity index (χ1v) is 8.86. The molecule has 0 saturated heterocycles. The third kappa shape index (κ3) is 2.09. The first kappa shape index (κ1) is 15.2. The van der Waals surface area contributed by atoms with E-state index >= 15 is 0 Å². The molecule has 0 unspecified atom stereocenters. The summed E-state index contributed by atoms with van der Waals surface area (Å²) >= 11 is 3.47. The number of aromatic nitrogens is 2. The van der Waals surface area contributed by atoms with Crippen LogP contribution in [-0.2, 0) is 9.59 Å². The van der Waals surface area contributed by atoms with Crippen molar-refractivity contribution in [3.8, 4) is 0 Å². The average Bonchev–Trinajstić information content (AvgIpc) is 3.29. The largest absolute Gasteiger partial charge is 0.361 e. The zero-order valence-corrected chi connectivity index (χ0v) is 15.0. The van der Waals surface area contributed by atoms with Gasteiger partial charge < -0.3 is 9.97 Å². The highest BCUT2D eigenvalue weighted by atomic mass is 79.9. The predicted molar refractivity (Wildman–Crippen MR) is 104 cm³/mol. The highest BCUT2D eigenvalue weighted by molar-refractivity contribution is 9.10. The van der Waals surface area contributed by atoms with E-state index in [4.69, 9.17) is 0 Å². The molecule has 0 radical (unpaired) electrons. The Bertz CT molecular complexity index is 1260. The van der Waals surface area contributed by atoms with Crippen LogP contribution in [0.4, 0.5) is 0 Å². The van der Waals surface area contributed by atoms with Gasteiger partial charge in [-0.3, -0.25) is 14.9 Å². The molecule has 26 heavy (non-hydrogen) atoms. The summed E-state index contributed by atoms with van der Waals surface area (Å²) in [5.41, 5.74) is 4.05. The van der Waals surface area contributed by atoms with Gasteiger partial charge in [0.2, 0.25) is 0 Å². The van der Waals surface area contributed by atoms with E-state index in [1.54, 1.807) is 12.4 Å². The monoisotopic (exact) mass is 405 g/mol. The van der Waals surface area contributed by atoms with Crippen LogP contribution in [0.2, 0.25) is 0 Å². The van der Waals surface area contributed by atoms with Crippen LogP contribution in [0.15, 0.2) is 59.3 Å². The number of carbonyl (C=O) groups excluding carboxylic acids is 2. The van der Waals surface area contributed by atoms with Gasteiger partial charge in [-0.15, -0.1) is 0 Å². The summed E-state index contributed by atoms with van der Waals surface area (Å²) in [6.45, 7) is 0. The summed E-state index contributed by atoms with van der Waals surface area (Å²) < 4.78 is 0.907. The Morgan fingerprint density at radius 3 is 2.08 bits per heavy atom. The second-order valence-electron chi connectivity index (χ2n) is 6.17. The summed E-state index contributed by atoms with van der Waals surface area (Å²) in [6, 6.07) is 13.5. The zero-order chi connectivity index (χ0) is 17.8. The van der Waals surface area contributed by atoms with E-state index in [1.165, 1.54) is 0 Å². The number of aromatic amines is 2. The van der Waals surface area contributed by atoms with E-state index < -0.39 is 0 Å². The minimum absolute atomic E-state index is 0.376. The number of para-hydroxylation sites is 1. The van der Waals surface area contributed by atoms with E-state index in [0.717, 1.165) is 31.8 Å². The van der Waals surface area contributed by atoms with E-state index in [2.05, 4.69) is 31.2 Å². The third-order valence-corrected chi connectivity index (χ3v) is 5.20. The summed E-state index contributed by atoms with van der Waals surface area (Å²) in [5, 5.41) is 4.24. The highest BCUT2D eigenvalue weighted by Crippen LogP contribution is 2.37. The van der Waals surface area contributed by atoms with Gasteiger partial charge in [-0.1, -0.05) is 34.1 Å². The van der Waals surface area contributed by atoms with E-state index in [9.17, 15) is 9.59 Å². The van der Waals surface area contributed by atoms with Crippen LogP contribution < -0.4 is 5.32 Å². The molecule has 2 amide bonds. The number of nitrogens with one attached hydrogen (secondary N) is 3. The first-order valence-electron chi connectivity index (χ1n) is 8.07. The van der Waals surface area contributed by atoms with Crippen molar-refractivity contribution >= 4 is 60.7 Å². The summed E-state index contributed by atoms with van der Waals surface area (Å²) in [4.78, 5) is 31.6. The van der Waals surface area contributed by atoms with E-state index in [0.29, 0.717) is 16.7 Å². The van der Waals surface area contributed by atoms with E-state index in [-0.39, 0.29) is 11.8 Å². The van der Waals surface area contributed by atoms with Crippen LogP contribution >= 0.6 is 15.9 Å². The summed E-state index contributed by atoms with van der Waals surface area (Å²) in [6.07, 6.45) is 3.56. The topological polar surface area (TPSA) is 77.8 Å². The minimum atomic E-state index is -0.379. The number of benzene rings is 2. The molecule has 0 atom stereocenters. The van der Waals surface area contributed by atoms with Crippen molar-refractivity contribution in [2.75, 3.05) is 0 Å². The lowest BCUT2D eigenvalue weighted by molar-refractivity contribution is -0.122. The van der Waals surface area contributed by atoms with Crippen LogP contribution in [0.5, 0.6) is 0 Å². The van der Waals surface area contributed by atoms with Crippen molar-refractivity contribution in [2.45, 2.75) is 0 Å². The predicted octanol–water partition coefficient (Wildman–Crippen LogP) is 3.98. The van der Waals surface area contributed by atoms with Crippen molar-refractivity contribution in [3.05, 3.63) is 70.5 Å². The van der Waals surface area contributed by atoms with Gasteiger partial charge in [0.05, 0.1) is 11.1 Å². The normalized spacial score (nSPS) is 14.7. The van der Waals surface area contributed by atoms with Crippen molar-refractivity contribution in [2.24, 2.45) is 0 Å². The lowest BCUT2D eigenvalue weighted by Gasteiger charge is -2.03. The molecule has 126 valence electrons. The number of imide groups is 1. The van der Waals surface area contributed by atoms with E-state index in [1.807, 2.05) is 42.5 Å². The Labute approximate surface area is 156 Å². The molecule has 5 rings (SSSR count). The van der Waals surface area contributed by atoms with Gasteiger partial charge >= 0.3 is 0 Å². The number of halogens is 1. The number of hydrogen-bond acceptors (Lipinski definition) is 2. The molecule has 0 spiro atoms. The fourth-order valence-electron chi connectivity index (χ4n) is 3.55. The molecule has 0 fully saturated rings. The van der Waals surface area contributed by atoms with Crippen molar-refractivity contribution in [1.29, 1.82) is 0 Å². The van der Waals surface area contributed by atoms with Gasteiger partial charge in [0.15, 0.2) is 0 Å². The standard InChI is InChI=1S/C20H12BrN3O2/c21-10-5-6-16-12(7-10)14(9-23-16)18-17(19(25)24-20(18)26)13-8-22-15-4-2-1-3-11(13)15/h1-9,22-23H,(H,24,25,26). The number of carbonyl (C=O) groups is 2. The van der Waals surface area contributed by atoms with Crippen molar-refractivity contribution in [3.63, 3.8) is 0 Å². The summed E-state index contributed by atoms with van der Waals surface area (Å²) in [5.74, 6) is -0.754. The van der Waals surface area contributed by atoms with Gasteiger partial charge in [-0.2, -0.15) is 0 Å². The smallest absolute Gasteiger partial charge is 0.259 e. The molecule has 2 aromatic heterocycles. The Morgan fingerprint density at radius 2 is 1.35 bits per heavy atom. The molecule has 4 aromatic rings. The van der Waals surface area contributed by atoms with Crippen LogP contribution in [-0.4, -0.2) is 21.8 Å². The Balaban J connectivity index is 1.85. The molecule has 2 aromatic carbocycles. The molecule has 3 N–H and O–H groups in total. The molecule has 3 heterocycles. The first-order chi connectivity index (χ1) is 12.6. The SMILES string of the molecule is O=C1NC(=O)C(c2c[nH]c3ccc(Br)cc23)=C1c1c[nH]c2ccccc12. The van der Waals surface area contributed by atoms with Gasteiger partial charge in [0.25, 0.3) is 11.8 Å². The maximum absolute atomic E-state index is 12.6. The third-order valence-electron chi connectivity index (χ3n) is 4.70. The molecular formula is C20H12BrN3O2. The molecule has 6 heteroatoms. The molecule has 0 saturated carbocycles. The molecule has 1 aliphatic rings. The number of H-pyrrole nitrogens is 2. The molecule has 0 bridgehead atoms. The molecular weight excluding hydrogens is 394 g/mol. The number of amides is 2. The minimum Gasteiger partial charge on any atom is -0.361 e. The quantitative estimate of drug-likeness (QED) is 0.441. The maximum atomic E-state index is 12.6. The molecule has 0 aliphatic carbocycles.